The summed E-state index contributed by atoms with van der Waals surface area (Å²) < 4.78 is 12.8. The molecule has 3 N–H and O–H groups in total. The van der Waals surface area contributed by atoms with Crippen molar-refractivity contribution >= 4 is 42.4 Å². The van der Waals surface area contributed by atoms with Crippen LogP contribution < -0.4 is 25.5 Å². The first kappa shape index (κ1) is 39.0. The lowest BCUT2D eigenvalue weighted by molar-refractivity contribution is -0.151. The Balaban J connectivity index is 1.11. The van der Waals surface area contributed by atoms with Gasteiger partial charge in [0.1, 0.15) is 5.75 Å². The number of carbonyl (C=O) groups is 3. The topological polar surface area (TPSA) is 120 Å². The lowest BCUT2D eigenvalue weighted by Crippen LogP contribution is -2.52. The van der Waals surface area contributed by atoms with Crippen LogP contribution in [0, 0.1) is 11.8 Å². The second-order valence-electron chi connectivity index (χ2n) is 16.8. The van der Waals surface area contributed by atoms with Crippen molar-refractivity contribution in [1.29, 1.82) is 0 Å². The van der Waals surface area contributed by atoms with Crippen molar-refractivity contribution in [3.05, 3.63) is 119 Å². The van der Waals surface area contributed by atoms with Gasteiger partial charge in [-0.05, 0) is 78.4 Å². The number of ether oxygens (including phenoxy) is 2. The molecule has 10 nitrogen and oxygen atoms in total. The van der Waals surface area contributed by atoms with Crippen LogP contribution in [0.25, 0.3) is 0 Å². The summed E-state index contributed by atoms with van der Waals surface area (Å²) in [7, 11) is -0.832. The number of para-hydroxylation sites is 1. The molecule has 0 saturated carbocycles. The molecule has 4 heterocycles. The van der Waals surface area contributed by atoms with Crippen LogP contribution in [0.4, 0.5) is 11.4 Å². The van der Waals surface area contributed by atoms with Crippen molar-refractivity contribution in [2.45, 2.75) is 82.1 Å². The van der Waals surface area contributed by atoms with E-state index in [9.17, 15) is 14.7 Å². The van der Waals surface area contributed by atoms with Crippen molar-refractivity contribution in [3.8, 4) is 5.75 Å². The molecule has 3 amide bonds. The number of piperidine rings is 1. The van der Waals surface area contributed by atoms with E-state index in [0.717, 1.165) is 58.8 Å². The first-order valence-corrected chi connectivity index (χ1v) is 23.4. The predicted molar refractivity (Wildman–Crippen MR) is 224 cm³/mol. The van der Waals surface area contributed by atoms with Gasteiger partial charge < -0.3 is 35.0 Å². The third-order valence-corrected chi connectivity index (χ3v) is 17.6. The largest absolute Gasteiger partial charge is 0.497 e. The first-order chi connectivity index (χ1) is 27.5. The Labute approximate surface area is 336 Å². The zero-order valence-corrected chi connectivity index (χ0v) is 34.4. The van der Waals surface area contributed by atoms with Gasteiger partial charge in [-0.1, -0.05) is 91.9 Å². The second-order valence-corrected chi connectivity index (χ2v) is 21.5. The van der Waals surface area contributed by atoms with Crippen LogP contribution in [-0.2, 0) is 44.2 Å². The molecular weight excluding hydrogens is 733 g/mol. The molecule has 2 fully saturated rings. The highest BCUT2D eigenvalue weighted by molar-refractivity contribution is 6.91. The van der Waals surface area contributed by atoms with E-state index in [2.05, 4.69) is 54.9 Å². The number of amides is 3. The van der Waals surface area contributed by atoms with Gasteiger partial charge >= 0.3 is 0 Å². The Hall–Kier alpha value is -4.81. The number of anilines is 2. The van der Waals surface area contributed by atoms with E-state index in [1.165, 1.54) is 5.19 Å². The molecule has 1 spiro atoms. The second kappa shape index (κ2) is 15.9. The van der Waals surface area contributed by atoms with Crippen molar-refractivity contribution in [2.24, 2.45) is 11.8 Å². The minimum atomic E-state index is -2.49. The molecule has 6 atom stereocenters. The van der Waals surface area contributed by atoms with Gasteiger partial charge in [0, 0.05) is 30.3 Å². The maximum atomic E-state index is 15.3. The number of hydrogen-bond donors (Lipinski definition) is 3. The molecule has 0 aliphatic carbocycles. The minimum Gasteiger partial charge on any atom is -0.497 e. The molecule has 298 valence electrons. The van der Waals surface area contributed by atoms with Crippen LogP contribution in [0.1, 0.15) is 48.4 Å². The monoisotopic (exact) mass is 786 g/mol. The summed E-state index contributed by atoms with van der Waals surface area (Å²) in [4.78, 5) is 46.4. The molecule has 0 radical (unpaired) electrons. The highest BCUT2D eigenvalue weighted by atomic mass is 28.3. The Morgan fingerprint density at radius 2 is 1.70 bits per heavy atom. The molecular formula is C46H54N4O6Si. The number of fused-ring (bicyclic) bond motifs is 3. The molecule has 4 aliphatic rings. The van der Waals surface area contributed by atoms with Crippen LogP contribution in [0.2, 0.25) is 18.6 Å². The van der Waals surface area contributed by atoms with Gasteiger partial charge in [-0.25, -0.2) is 0 Å². The maximum absolute atomic E-state index is 15.3. The number of nitrogens with one attached hydrogen (secondary N) is 2. The maximum Gasteiger partial charge on any atom is 0.264 e. The van der Waals surface area contributed by atoms with Gasteiger partial charge in [-0.3, -0.25) is 14.4 Å². The van der Waals surface area contributed by atoms with Gasteiger partial charge in [-0.2, -0.15) is 0 Å². The van der Waals surface area contributed by atoms with Crippen molar-refractivity contribution in [3.63, 3.8) is 0 Å². The van der Waals surface area contributed by atoms with E-state index in [-0.39, 0.29) is 54.2 Å². The number of methoxy groups -OCH3 is 1. The van der Waals surface area contributed by atoms with Crippen LogP contribution >= 0.6 is 0 Å². The Morgan fingerprint density at radius 3 is 2.40 bits per heavy atom. The molecule has 2 saturated heterocycles. The van der Waals surface area contributed by atoms with Gasteiger partial charge in [0.15, 0.2) is 5.60 Å². The van der Waals surface area contributed by atoms with Gasteiger partial charge in [0.2, 0.25) is 11.8 Å². The lowest BCUT2D eigenvalue weighted by Gasteiger charge is -2.39. The third kappa shape index (κ3) is 7.09. The average molecular weight is 787 g/mol. The normalized spacial score (nSPS) is 25.6. The summed E-state index contributed by atoms with van der Waals surface area (Å²) in [6.07, 6.45) is 2.00. The molecule has 4 aromatic carbocycles. The zero-order chi connectivity index (χ0) is 39.9. The van der Waals surface area contributed by atoms with E-state index in [4.69, 9.17) is 9.47 Å². The van der Waals surface area contributed by atoms with Crippen LogP contribution in [0.15, 0.2) is 97.1 Å². The summed E-state index contributed by atoms with van der Waals surface area (Å²) in [5.41, 5.74) is 4.12. The molecule has 11 heteroatoms. The van der Waals surface area contributed by atoms with E-state index in [0.29, 0.717) is 26.1 Å². The highest BCUT2D eigenvalue weighted by Crippen LogP contribution is 2.60. The molecule has 4 aromatic rings. The standard InChI is InChI=1S/C46H54N4O6Si/c1-30-43(57(3,4)38-21-19-37(55-2)20-22-38)41(25-42(52)49-28-34-11-6-5-10-32(34)24-36(49)29-51)56-46(30)39-13-7-8-14-40(39)50(45(46)54)27-31-15-17-35(18-16-31)48-44(53)33-12-9-23-47-26-33/h5-8,10-11,13-22,30,33,36,41,43,47,51H,9,12,23-29H2,1-4H3,(H,48,53)/t30-,33?,36-,41+,43-,46+/m0/s1. The predicted octanol–water partition coefficient (Wildman–Crippen LogP) is 5.73. The molecule has 8 rings (SSSR count). The highest BCUT2D eigenvalue weighted by Gasteiger charge is 2.66. The summed E-state index contributed by atoms with van der Waals surface area (Å²) in [6, 6.07) is 31.6. The first-order valence-electron chi connectivity index (χ1n) is 20.4. The number of nitrogens with zero attached hydrogens (tertiary/aromatic N) is 2. The fraction of sp³-hybridized carbons (Fsp3) is 0.413. The van der Waals surface area contributed by atoms with Gasteiger partial charge in [0.05, 0.1) is 58.5 Å². The number of carbonyl (C=O) groups excluding carboxylic acids is 3. The molecule has 0 aromatic heterocycles. The lowest BCUT2D eigenvalue weighted by atomic mass is 9.82. The number of rotatable bonds is 10. The van der Waals surface area contributed by atoms with E-state index >= 15 is 4.79 Å². The fourth-order valence-electron chi connectivity index (χ4n) is 10.2. The summed E-state index contributed by atoms with van der Waals surface area (Å²) in [6.45, 7) is 9.03. The van der Waals surface area contributed by atoms with Crippen LogP contribution in [0.5, 0.6) is 5.75 Å². The minimum absolute atomic E-state index is 0.0219. The number of aliphatic hydroxyl groups is 1. The van der Waals surface area contributed by atoms with E-state index < -0.39 is 19.8 Å². The van der Waals surface area contributed by atoms with Crippen LogP contribution in [0.3, 0.4) is 0 Å². The van der Waals surface area contributed by atoms with E-state index in [1.54, 1.807) is 7.11 Å². The molecule has 57 heavy (non-hydrogen) atoms. The Bertz CT molecular complexity index is 2120. The van der Waals surface area contributed by atoms with Crippen molar-refractivity contribution < 1.29 is 29.0 Å². The van der Waals surface area contributed by atoms with Gasteiger partial charge in [0.25, 0.3) is 5.91 Å². The fourth-order valence-corrected chi connectivity index (χ4v) is 14.2. The zero-order valence-electron chi connectivity index (χ0n) is 33.4. The Kier molecular flexibility index (Phi) is 10.9. The number of benzene rings is 4. The molecule has 1 unspecified atom stereocenters. The Morgan fingerprint density at radius 1 is 0.982 bits per heavy atom. The summed E-state index contributed by atoms with van der Waals surface area (Å²) in [5.74, 6) is 0.280. The number of hydrogen-bond acceptors (Lipinski definition) is 7. The van der Waals surface area contributed by atoms with Crippen molar-refractivity contribution in [1.82, 2.24) is 10.2 Å². The van der Waals surface area contributed by atoms with Gasteiger partial charge in [-0.15, -0.1) is 0 Å². The van der Waals surface area contributed by atoms with E-state index in [1.807, 2.05) is 82.6 Å². The SMILES string of the molecule is COc1ccc([Si](C)(C)[C@@H]2[C@@H](CC(=O)N3Cc4ccccc4C[C@H]3CO)O[C@]3(C(=O)N(Cc4ccc(NC(=O)C5CCCNC5)cc4)c4ccccc43)[C@H]2C)cc1. The smallest absolute Gasteiger partial charge is 0.264 e. The molecule has 0 bridgehead atoms. The van der Waals surface area contributed by atoms with Crippen LogP contribution in [-0.4, -0.2) is 74.8 Å². The molecule has 4 aliphatic heterocycles. The quantitative estimate of drug-likeness (QED) is 0.176. The summed E-state index contributed by atoms with van der Waals surface area (Å²) >= 11 is 0. The average Bonchev–Trinajstić information content (AvgIpc) is 3.67. The summed E-state index contributed by atoms with van der Waals surface area (Å²) in [5, 5.41) is 18.1. The third-order valence-electron chi connectivity index (χ3n) is 13.2. The van der Waals surface area contributed by atoms with Crippen molar-refractivity contribution in [2.75, 3.05) is 37.0 Å². The number of aliphatic hydroxyl groups excluding tert-OH is 1.